The topological polar surface area (TPSA) is 73.0 Å². The monoisotopic (exact) mass is 478 g/mol. The molecule has 2 amide bonds. The lowest BCUT2D eigenvalue weighted by Gasteiger charge is -2.37. The van der Waals surface area contributed by atoms with Crippen LogP contribution in [0.5, 0.6) is 0 Å². The lowest BCUT2D eigenvalue weighted by Crippen LogP contribution is -2.52. The van der Waals surface area contributed by atoms with Crippen LogP contribution in [-0.2, 0) is 10.0 Å². The van der Waals surface area contributed by atoms with Crippen LogP contribution in [-0.4, -0.2) is 62.9 Å². The van der Waals surface area contributed by atoms with Crippen molar-refractivity contribution < 1.29 is 13.2 Å². The molecule has 0 radical (unpaired) electrons. The summed E-state index contributed by atoms with van der Waals surface area (Å²) in [6.07, 6.45) is 0. The van der Waals surface area contributed by atoms with E-state index in [0.29, 0.717) is 44.3 Å². The number of rotatable bonds is 7. The molecule has 0 saturated carbocycles. The predicted molar refractivity (Wildman–Crippen MR) is 129 cm³/mol. The van der Waals surface area contributed by atoms with Gasteiger partial charge in [-0.2, -0.15) is 4.31 Å². The van der Waals surface area contributed by atoms with Crippen molar-refractivity contribution in [3.8, 4) is 0 Å². The molecular formula is C23H31ClN4O3S. The van der Waals surface area contributed by atoms with E-state index in [0.717, 1.165) is 11.3 Å². The van der Waals surface area contributed by atoms with E-state index in [9.17, 15) is 13.2 Å². The highest BCUT2D eigenvalue weighted by atomic mass is 35.5. The van der Waals surface area contributed by atoms with Crippen LogP contribution in [0, 0.1) is 0 Å². The number of halogens is 1. The minimum atomic E-state index is -3.49. The lowest BCUT2D eigenvalue weighted by molar-refractivity contribution is 0.191. The number of amides is 2. The van der Waals surface area contributed by atoms with Gasteiger partial charge in [0.2, 0.25) is 10.0 Å². The first-order valence-corrected chi connectivity index (χ1v) is 12.7. The van der Waals surface area contributed by atoms with Crippen LogP contribution in [0.1, 0.15) is 32.4 Å². The standard InChI is InChI=1S/C23H31ClN4O3S/c1-4-28(5-2)32(30,31)20-12-10-19(11-13-20)18(3)25-23(29)27-16-14-26(15-17-27)22-9-7-6-8-21(22)24/h6-13,18H,4-5,14-17H2,1-3H3,(H,25,29)/t18-/m1/s1. The quantitative estimate of drug-likeness (QED) is 0.653. The number of hydrogen-bond acceptors (Lipinski definition) is 4. The van der Waals surface area contributed by atoms with E-state index in [1.165, 1.54) is 4.31 Å². The summed E-state index contributed by atoms with van der Waals surface area (Å²) >= 11 is 6.29. The molecule has 0 aliphatic carbocycles. The van der Waals surface area contributed by atoms with Gasteiger partial charge in [-0.05, 0) is 36.8 Å². The molecule has 1 aliphatic rings. The van der Waals surface area contributed by atoms with Gasteiger partial charge in [-0.15, -0.1) is 0 Å². The molecule has 2 aromatic carbocycles. The summed E-state index contributed by atoms with van der Waals surface area (Å²) < 4.78 is 26.7. The van der Waals surface area contributed by atoms with Crippen LogP contribution in [0.2, 0.25) is 5.02 Å². The molecule has 1 saturated heterocycles. The molecule has 1 N–H and O–H groups in total. The highest BCUT2D eigenvalue weighted by Crippen LogP contribution is 2.26. The molecule has 1 fully saturated rings. The summed E-state index contributed by atoms with van der Waals surface area (Å²) in [6, 6.07) is 14.1. The third kappa shape index (κ3) is 5.36. The molecule has 9 heteroatoms. The third-order valence-corrected chi connectivity index (χ3v) is 8.21. The molecule has 0 spiro atoms. The average molecular weight is 479 g/mol. The van der Waals surface area contributed by atoms with Gasteiger partial charge >= 0.3 is 6.03 Å². The van der Waals surface area contributed by atoms with E-state index in [2.05, 4.69) is 10.2 Å². The molecule has 174 valence electrons. The number of hydrogen-bond donors (Lipinski definition) is 1. The van der Waals surface area contributed by atoms with Gasteiger partial charge in [0.15, 0.2) is 0 Å². The van der Waals surface area contributed by atoms with Crippen LogP contribution >= 0.6 is 11.6 Å². The number of benzene rings is 2. The minimum Gasteiger partial charge on any atom is -0.367 e. The van der Waals surface area contributed by atoms with E-state index < -0.39 is 10.0 Å². The summed E-state index contributed by atoms with van der Waals surface area (Å²) in [6.45, 7) is 9.02. The summed E-state index contributed by atoms with van der Waals surface area (Å²) in [7, 11) is -3.49. The third-order valence-electron chi connectivity index (χ3n) is 5.82. The fourth-order valence-corrected chi connectivity index (χ4v) is 5.57. The fraction of sp³-hybridized carbons (Fsp3) is 0.435. The van der Waals surface area contributed by atoms with Gasteiger partial charge in [-0.25, -0.2) is 13.2 Å². The van der Waals surface area contributed by atoms with Crippen molar-refractivity contribution in [1.29, 1.82) is 0 Å². The summed E-state index contributed by atoms with van der Waals surface area (Å²) in [5.74, 6) is 0. The molecule has 1 heterocycles. The van der Waals surface area contributed by atoms with Gasteiger partial charge in [0.1, 0.15) is 0 Å². The molecule has 32 heavy (non-hydrogen) atoms. The van der Waals surface area contributed by atoms with Crippen molar-refractivity contribution >= 4 is 33.3 Å². The molecule has 2 aromatic rings. The maximum absolute atomic E-state index is 12.8. The Morgan fingerprint density at radius 1 is 1.03 bits per heavy atom. The Kier molecular flexibility index (Phi) is 8.03. The Morgan fingerprint density at radius 2 is 1.62 bits per heavy atom. The predicted octanol–water partition coefficient (Wildman–Crippen LogP) is 3.96. The number of nitrogens with zero attached hydrogens (tertiary/aromatic N) is 3. The zero-order valence-corrected chi connectivity index (χ0v) is 20.4. The van der Waals surface area contributed by atoms with Gasteiger partial charge in [-0.1, -0.05) is 49.7 Å². The number of carbonyl (C=O) groups is 1. The Balaban J connectivity index is 1.57. The molecule has 7 nitrogen and oxygen atoms in total. The largest absolute Gasteiger partial charge is 0.367 e. The molecular weight excluding hydrogens is 448 g/mol. The molecule has 3 rings (SSSR count). The molecule has 1 atom stereocenters. The van der Waals surface area contributed by atoms with Crippen LogP contribution < -0.4 is 10.2 Å². The number of para-hydroxylation sites is 1. The maximum atomic E-state index is 12.8. The fourth-order valence-electron chi connectivity index (χ4n) is 3.86. The number of nitrogens with one attached hydrogen (secondary N) is 1. The summed E-state index contributed by atoms with van der Waals surface area (Å²) in [5.41, 5.74) is 1.84. The smallest absolute Gasteiger partial charge is 0.317 e. The number of anilines is 1. The van der Waals surface area contributed by atoms with Crippen LogP contribution in [0.25, 0.3) is 0 Å². The normalized spacial score (nSPS) is 15.7. The van der Waals surface area contributed by atoms with Crippen LogP contribution in [0.4, 0.5) is 10.5 Å². The first-order valence-electron chi connectivity index (χ1n) is 10.9. The SMILES string of the molecule is CCN(CC)S(=O)(=O)c1ccc([C@@H](C)NC(=O)N2CCN(c3ccccc3Cl)CC2)cc1. The van der Waals surface area contributed by atoms with Gasteiger partial charge in [-0.3, -0.25) is 0 Å². The zero-order chi connectivity index (χ0) is 23.3. The Bertz CT molecular complexity index is 1020. The van der Waals surface area contributed by atoms with E-state index in [-0.39, 0.29) is 17.0 Å². The van der Waals surface area contributed by atoms with Gasteiger partial charge in [0, 0.05) is 39.3 Å². The van der Waals surface area contributed by atoms with Crippen molar-refractivity contribution in [3.05, 3.63) is 59.1 Å². The second-order valence-corrected chi connectivity index (χ2v) is 10.1. The first kappa shape index (κ1) is 24.4. The number of sulfonamides is 1. The first-order chi connectivity index (χ1) is 15.3. The van der Waals surface area contributed by atoms with Crippen molar-refractivity contribution in [2.75, 3.05) is 44.2 Å². The minimum absolute atomic E-state index is 0.129. The number of piperazine rings is 1. The molecule has 1 aliphatic heterocycles. The average Bonchev–Trinajstić information content (AvgIpc) is 2.80. The van der Waals surface area contributed by atoms with Crippen LogP contribution in [0.3, 0.4) is 0 Å². The van der Waals surface area contributed by atoms with Gasteiger partial charge in [0.25, 0.3) is 0 Å². The van der Waals surface area contributed by atoms with E-state index in [1.54, 1.807) is 29.2 Å². The van der Waals surface area contributed by atoms with Crippen molar-refractivity contribution in [1.82, 2.24) is 14.5 Å². The highest BCUT2D eigenvalue weighted by molar-refractivity contribution is 7.89. The Labute approximate surface area is 196 Å². The van der Waals surface area contributed by atoms with Gasteiger partial charge < -0.3 is 15.1 Å². The lowest BCUT2D eigenvalue weighted by atomic mass is 10.1. The van der Waals surface area contributed by atoms with Gasteiger partial charge in [0.05, 0.1) is 21.6 Å². The van der Waals surface area contributed by atoms with Crippen LogP contribution in [0.15, 0.2) is 53.4 Å². The summed E-state index contributed by atoms with van der Waals surface area (Å²) in [4.78, 5) is 17.0. The maximum Gasteiger partial charge on any atom is 0.317 e. The van der Waals surface area contributed by atoms with E-state index >= 15 is 0 Å². The molecule has 0 unspecified atom stereocenters. The second kappa shape index (κ2) is 10.6. The van der Waals surface area contributed by atoms with E-state index in [4.69, 9.17) is 11.6 Å². The second-order valence-electron chi connectivity index (χ2n) is 7.76. The zero-order valence-electron chi connectivity index (χ0n) is 18.8. The number of urea groups is 1. The van der Waals surface area contributed by atoms with Crippen molar-refractivity contribution in [2.45, 2.75) is 31.7 Å². The van der Waals surface area contributed by atoms with Crippen molar-refractivity contribution in [2.24, 2.45) is 0 Å². The Morgan fingerprint density at radius 3 is 2.19 bits per heavy atom. The molecule has 0 aromatic heterocycles. The highest BCUT2D eigenvalue weighted by Gasteiger charge is 2.24. The summed E-state index contributed by atoms with van der Waals surface area (Å²) in [5, 5.41) is 3.73. The van der Waals surface area contributed by atoms with Crippen molar-refractivity contribution in [3.63, 3.8) is 0 Å². The number of carbonyl (C=O) groups excluding carboxylic acids is 1. The Hall–Kier alpha value is -2.29. The van der Waals surface area contributed by atoms with E-state index in [1.807, 2.05) is 45.0 Å². The molecule has 0 bridgehead atoms.